The van der Waals surface area contributed by atoms with Gasteiger partial charge in [-0.15, -0.1) is 0 Å². The Morgan fingerprint density at radius 3 is 2.72 bits per heavy atom. The molecule has 1 aromatic heterocycles. The van der Waals surface area contributed by atoms with E-state index in [1.54, 1.807) is 4.57 Å². The number of aromatic nitrogens is 2. The number of nitrogens with two attached hydrogens (primary N) is 1. The van der Waals surface area contributed by atoms with Gasteiger partial charge in [-0.25, -0.2) is 10.8 Å². The molecule has 0 saturated carbocycles. The number of rotatable bonds is 6. The standard InChI is InChI=1S/C12H20N4O2/c1-9-8-12(18)16(10(2)14-9)7-5-3-4-6-11(17)15-13/h8H,3-7,13H2,1-2H3,(H,15,17). The third kappa shape index (κ3) is 4.29. The summed E-state index contributed by atoms with van der Waals surface area (Å²) in [6.07, 6.45) is 2.93. The van der Waals surface area contributed by atoms with Gasteiger partial charge in [0.25, 0.3) is 5.56 Å². The molecule has 0 atom stereocenters. The zero-order chi connectivity index (χ0) is 13.5. The predicted molar refractivity (Wildman–Crippen MR) is 68.8 cm³/mol. The van der Waals surface area contributed by atoms with Crippen molar-refractivity contribution in [1.29, 1.82) is 0 Å². The molecule has 3 N–H and O–H groups in total. The van der Waals surface area contributed by atoms with Gasteiger partial charge in [0.15, 0.2) is 0 Å². The molecule has 18 heavy (non-hydrogen) atoms. The Balaban J connectivity index is 2.40. The van der Waals surface area contributed by atoms with Gasteiger partial charge in [0.2, 0.25) is 5.91 Å². The van der Waals surface area contributed by atoms with Crippen molar-refractivity contribution in [1.82, 2.24) is 15.0 Å². The van der Waals surface area contributed by atoms with Gasteiger partial charge in [-0.05, 0) is 26.7 Å². The lowest BCUT2D eigenvalue weighted by Gasteiger charge is -2.09. The number of hydrazine groups is 1. The second-order valence-electron chi connectivity index (χ2n) is 4.31. The minimum Gasteiger partial charge on any atom is -0.297 e. The number of hydrogen-bond acceptors (Lipinski definition) is 4. The maximum atomic E-state index is 11.7. The van der Waals surface area contributed by atoms with E-state index in [0.29, 0.717) is 13.0 Å². The van der Waals surface area contributed by atoms with Gasteiger partial charge in [-0.3, -0.25) is 19.6 Å². The molecule has 0 fully saturated rings. The topological polar surface area (TPSA) is 90.0 Å². The van der Waals surface area contributed by atoms with Crippen LogP contribution in [0.1, 0.15) is 37.2 Å². The van der Waals surface area contributed by atoms with Crippen molar-refractivity contribution in [2.75, 3.05) is 0 Å². The smallest absolute Gasteiger partial charge is 0.253 e. The first kappa shape index (κ1) is 14.4. The van der Waals surface area contributed by atoms with E-state index < -0.39 is 0 Å². The van der Waals surface area contributed by atoms with E-state index in [2.05, 4.69) is 10.4 Å². The Kier molecular flexibility index (Phi) is 5.51. The van der Waals surface area contributed by atoms with Crippen LogP contribution in [0.25, 0.3) is 0 Å². The summed E-state index contributed by atoms with van der Waals surface area (Å²) in [6.45, 7) is 4.28. The van der Waals surface area contributed by atoms with Crippen LogP contribution in [0.2, 0.25) is 0 Å². The van der Waals surface area contributed by atoms with Crippen molar-refractivity contribution in [3.05, 3.63) is 27.9 Å². The molecule has 0 saturated heterocycles. The molecule has 0 radical (unpaired) electrons. The number of amides is 1. The molecule has 0 unspecified atom stereocenters. The predicted octanol–water partition coefficient (Wildman–Crippen LogP) is 0.410. The van der Waals surface area contributed by atoms with E-state index in [1.807, 2.05) is 13.8 Å². The highest BCUT2D eigenvalue weighted by Gasteiger charge is 2.03. The monoisotopic (exact) mass is 252 g/mol. The third-order valence-electron chi connectivity index (χ3n) is 2.77. The van der Waals surface area contributed by atoms with Crippen molar-refractivity contribution in [2.45, 2.75) is 46.1 Å². The van der Waals surface area contributed by atoms with Crippen LogP contribution >= 0.6 is 0 Å². The highest BCUT2D eigenvalue weighted by Crippen LogP contribution is 2.02. The van der Waals surface area contributed by atoms with E-state index >= 15 is 0 Å². The molecule has 0 aromatic carbocycles. The Hall–Kier alpha value is -1.69. The molecule has 1 amide bonds. The van der Waals surface area contributed by atoms with E-state index in [4.69, 9.17) is 5.84 Å². The first-order chi connectivity index (χ1) is 8.54. The van der Waals surface area contributed by atoms with Gasteiger partial charge in [-0.1, -0.05) is 6.42 Å². The molecule has 0 spiro atoms. The molecule has 0 bridgehead atoms. The lowest BCUT2D eigenvalue weighted by Crippen LogP contribution is -2.29. The van der Waals surface area contributed by atoms with Gasteiger partial charge in [-0.2, -0.15) is 0 Å². The molecule has 1 rings (SSSR count). The fraction of sp³-hybridized carbons (Fsp3) is 0.583. The van der Waals surface area contributed by atoms with Crippen LogP contribution in [-0.2, 0) is 11.3 Å². The molecule has 6 nitrogen and oxygen atoms in total. The number of carbonyl (C=O) groups is 1. The lowest BCUT2D eigenvalue weighted by atomic mass is 10.2. The highest BCUT2D eigenvalue weighted by molar-refractivity contribution is 5.74. The Morgan fingerprint density at radius 2 is 2.11 bits per heavy atom. The van der Waals surface area contributed by atoms with Crippen LogP contribution in [0, 0.1) is 13.8 Å². The molecule has 6 heteroatoms. The zero-order valence-corrected chi connectivity index (χ0v) is 10.9. The Bertz CT molecular complexity index is 468. The summed E-state index contributed by atoms with van der Waals surface area (Å²) >= 11 is 0. The van der Waals surface area contributed by atoms with Crippen molar-refractivity contribution < 1.29 is 4.79 Å². The molecule has 1 aromatic rings. The van der Waals surface area contributed by atoms with Gasteiger partial charge in [0, 0.05) is 24.7 Å². The summed E-state index contributed by atoms with van der Waals surface area (Å²) in [5, 5.41) is 0. The van der Waals surface area contributed by atoms with Crippen LogP contribution in [0.5, 0.6) is 0 Å². The van der Waals surface area contributed by atoms with E-state index in [-0.39, 0.29) is 11.5 Å². The van der Waals surface area contributed by atoms with Gasteiger partial charge < -0.3 is 0 Å². The van der Waals surface area contributed by atoms with Crippen LogP contribution < -0.4 is 16.8 Å². The van der Waals surface area contributed by atoms with Gasteiger partial charge in [0.05, 0.1) is 0 Å². The second kappa shape index (κ2) is 6.90. The molecule has 100 valence electrons. The average Bonchev–Trinajstić information content (AvgIpc) is 2.31. The molecule has 0 aliphatic heterocycles. The quantitative estimate of drug-likeness (QED) is 0.332. The van der Waals surface area contributed by atoms with E-state index in [9.17, 15) is 9.59 Å². The fourth-order valence-electron chi connectivity index (χ4n) is 1.84. The largest absolute Gasteiger partial charge is 0.297 e. The fourth-order valence-corrected chi connectivity index (χ4v) is 1.84. The minimum atomic E-state index is -0.152. The second-order valence-corrected chi connectivity index (χ2v) is 4.31. The van der Waals surface area contributed by atoms with Crippen LogP contribution in [0.4, 0.5) is 0 Å². The summed E-state index contributed by atoms with van der Waals surface area (Å²) in [4.78, 5) is 26.9. The van der Waals surface area contributed by atoms with Crippen LogP contribution in [0.15, 0.2) is 10.9 Å². The van der Waals surface area contributed by atoms with Crippen LogP contribution in [0.3, 0.4) is 0 Å². The number of aryl methyl sites for hydroxylation is 2. The summed E-state index contributed by atoms with van der Waals surface area (Å²) in [6, 6.07) is 1.54. The lowest BCUT2D eigenvalue weighted by molar-refractivity contribution is -0.121. The van der Waals surface area contributed by atoms with Crippen molar-refractivity contribution in [3.8, 4) is 0 Å². The van der Waals surface area contributed by atoms with E-state index in [0.717, 1.165) is 30.8 Å². The summed E-state index contributed by atoms with van der Waals surface area (Å²) in [5.74, 6) is 5.56. The minimum absolute atomic E-state index is 0.0142. The number of nitrogens with zero attached hydrogens (tertiary/aromatic N) is 2. The number of nitrogens with one attached hydrogen (secondary N) is 1. The zero-order valence-electron chi connectivity index (χ0n) is 10.9. The summed E-state index contributed by atoms with van der Waals surface area (Å²) in [7, 11) is 0. The Morgan fingerprint density at radius 1 is 1.39 bits per heavy atom. The van der Waals surface area contributed by atoms with Crippen molar-refractivity contribution in [3.63, 3.8) is 0 Å². The molecule has 1 heterocycles. The summed E-state index contributed by atoms with van der Waals surface area (Å²) < 4.78 is 1.66. The normalized spacial score (nSPS) is 10.4. The first-order valence-corrected chi connectivity index (χ1v) is 6.09. The molecule has 0 aliphatic carbocycles. The van der Waals surface area contributed by atoms with Gasteiger partial charge in [0.1, 0.15) is 5.82 Å². The highest BCUT2D eigenvalue weighted by atomic mass is 16.2. The van der Waals surface area contributed by atoms with Crippen molar-refractivity contribution >= 4 is 5.91 Å². The molecular formula is C12H20N4O2. The molecule has 0 aliphatic rings. The SMILES string of the molecule is Cc1cc(=O)n(CCCCCC(=O)NN)c(C)n1. The maximum absolute atomic E-state index is 11.7. The first-order valence-electron chi connectivity index (χ1n) is 6.09. The van der Waals surface area contributed by atoms with Gasteiger partial charge >= 0.3 is 0 Å². The molecular weight excluding hydrogens is 232 g/mol. The Labute approximate surface area is 106 Å². The number of unbranched alkanes of at least 4 members (excludes halogenated alkanes) is 2. The average molecular weight is 252 g/mol. The van der Waals surface area contributed by atoms with Crippen molar-refractivity contribution in [2.24, 2.45) is 5.84 Å². The van der Waals surface area contributed by atoms with E-state index in [1.165, 1.54) is 6.07 Å². The maximum Gasteiger partial charge on any atom is 0.253 e. The number of hydrogen-bond donors (Lipinski definition) is 2. The number of carbonyl (C=O) groups excluding carboxylic acids is 1. The third-order valence-corrected chi connectivity index (χ3v) is 2.77. The summed E-state index contributed by atoms with van der Waals surface area (Å²) in [5.41, 5.74) is 2.82. The van der Waals surface area contributed by atoms with Crippen LogP contribution in [-0.4, -0.2) is 15.5 Å².